The average Bonchev–Trinajstić information content (AvgIpc) is 2.83. The first-order valence-electron chi connectivity index (χ1n) is 5.75. The average molecular weight is 338 g/mol. The summed E-state index contributed by atoms with van der Waals surface area (Å²) in [6.45, 7) is 2.17. The molecule has 0 spiro atoms. The van der Waals surface area contributed by atoms with Crippen LogP contribution >= 0.6 is 27.3 Å². The summed E-state index contributed by atoms with van der Waals surface area (Å²) < 4.78 is 5.99. The minimum absolute atomic E-state index is 0.305. The third kappa shape index (κ3) is 4.01. The first kappa shape index (κ1) is 14.0. The molecule has 0 fully saturated rings. The lowest BCUT2D eigenvalue weighted by Gasteiger charge is -2.01. The summed E-state index contributed by atoms with van der Waals surface area (Å²) in [5.74, 6) is -0.305. The van der Waals surface area contributed by atoms with E-state index in [1.165, 1.54) is 0 Å². The smallest absolute Gasteiger partial charge is 0.338 e. The van der Waals surface area contributed by atoms with Gasteiger partial charge in [0.05, 0.1) is 21.6 Å². The largest absolute Gasteiger partial charge is 0.462 e. The van der Waals surface area contributed by atoms with Gasteiger partial charge >= 0.3 is 5.97 Å². The highest BCUT2D eigenvalue weighted by Gasteiger charge is 2.04. The minimum Gasteiger partial charge on any atom is -0.462 e. The van der Waals surface area contributed by atoms with Gasteiger partial charge in [-0.1, -0.05) is 0 Å². The number of hydrogen-bond donors (Lipinski definition) is 0. The monoisotopic (exact) mass is 337 g/mol. The van der Waals surface area contributed by atoms with E-state index in [9.17, 15) is 4.79 Å². The molecule has 3 nitrogen and oxygen atoms in total. The lowest BCUT2D eigenvalue weighted by atomic mass is 10.2. The predicted molar refractivity (Wildman–Crippen MR) is 81.7 cm³/mol. The van der Waals surface area contributed by atoms with Crippen molar-refractivity contribution in [2.45, 2.75) is 6.92 Å². The molecule has 0 saturated carbocycles. The molecule has 1 heterocycles. The van der Waals surface area contributed by atoms with Crippen LogP contribution in [0.3, 0.4) is 0 Å². The first-order chi connectivity index (χ1) is 9.19. The Kier molecular flexibility index (Phi) is 4.87. The summed E-state index contributed by atoms with van der Waals surface area (Å²) >= 11 is 5.02. The maximum absolute atomic E-state index is 11.5. The molecule has 98 valence electrons. The van der Waals surface area contributed by atoms with Crippen molar-refractivity contribution in [1.82, 2.24) is 0 Å². The highest BCUT2D eigenvalue weighted by atomic mass is 79.9. The van der Waals surface area contributed by atoms with E-state index < -0.39 is 0 Å². The molecule has 0 atom stereocenters. The molecule has 0 amide bonds. The molecule has 2 aromatic rings. The summed E-state index contributed by atoms with van der Waals surface area (Å²) in [5, 5.41) is 0. The summed E-state index contributed by atoms with van der Waals surface area (Å²) in [6, 6.07) is 11.0. The van der Waals surface area contributed by atoms with Gasteiger partial charge in [0.1, 0.15) is 0 Å². The predicted octanol–water partition coefficient (Wildman–Crippen LogP) is 4.44. The van der Waals surface area contributed by atoms with Gasteiger partial charge in [0, 0.05) is 11.1 Å². The second-order valence-electron chi connectivity index (χ2n) is 3.67. The van der Waals surface area contributed by atoms with E-state index in [1.807, 2.05) is 12.1 Å². The highest BCUT2D eigenvalue weighted by Crippen LogP contribution is 2.21. The molecular formula is C14H12BrNO2S. The minimum atomic E-state index is -0.305. The first-order valence-corrected chi connectivity index (χ1v) is 7.36. The van der Waals surface area contributed by atoms with E-state index in [-0.39, 0.29) is 5.97 Å². The third-order valence-electron chi connectivity index (χ3n) is 2.31. The number of carbonyl (C=O) groups is 1. The van der Waals surface area contributed by atoms with Gasteiger partial charge in [-0.25, -0.2) is 4.79 Å². The zero-order valence-corrected chi connectivity index (χ0v) is 12.7. The lowest BCUT2D eigenvalue weighted by molar-refractivity contribution is 0.0526. The summed E-state index contributed by atoms with van der Waals surface area (Å²) in [4.78, 5) is 16.9. The molecule has 0 radical (unpaired) electrons. The van der Waals surface area contributed by atoms with E-state index in [0.29, 0.717) is 12.2 Å². The van der Waals surface area contributed by atoms with Crippen molar-refractivity contribution >= 4 is 45.1 Å². The lowest BCUT2D eigenvalue weighted by Crippen LogP contribution is -2.03. The Morgan fingerprint density at radius 1 is 1.32 bits per heavy atom. The number of hydrogen-bond acceptors (Lipinski definition) is 4. The molecule has 0 aliphatic rings. The van der Waals surface area contributed by atoms with Crippen molar-refractivity contribution in [1.29, 1.82) is 0 Å². The zero-order chi connectivity index (χ0) is 13.7. The quantitative estimate of drug-likeness (QED) is 0.611. The summed E-state index contributed by atoms with van der Waals surface area (Å²) in [7, 11) is 0. The second kappa shape index (κ2) is 6.63. The van der Waals surface area contributed by atoms with Crippen LogP contribution in [0.5, 0.6) is 0 Å². The van der Waals surface area contributed by atoms with Crippen LogP contribution in [0.1, 0.15) is 22.2 Å². The summed E-state index contributed by atoms with van der Waals surface area (Å²) in [5.41, 5.74) is 1.34. The van der Waals surface area contributed by atoms with Gasteiger partial charge in [-0.2, -0.15) is 0 Å². The maximum atomic E-state index is 11.5. The maximum Gasteiger partial charge on any atom is 0.338 e. The molecule has 0 bridgehead atoms. The van der Waals surface area contributed by atoms with Crippen molar-refractivity contribution in [2.24, 2.45) is 4.99 Å². The highest BCUT2D eigenvalue weighted by molar-refractivity contribution is 9.11. The third-order valence-corrected chi connectivity index (χ3v) is 3.87. The van der Waals surface area contributed by atoms with Crippen LogP contribution in [-0.2, 0) is 4.74 Å². The number of nitrogens with zero attached hydrogens (tertiary/aromatic N) is 1. The molecule has 0 unspecified atom stereocenters. The van der Waals surface area contributed by atoms with E-state index in [2.05, 4.69) is 20.9 Å². The van der Waals surface area contributed by atoms with Gasteiger partial charge in [-0.15, -0.1) is 11.3 Å². The van der Waals surface area contributed by atoms with E-state index >= 15 is 0 Å². The fourth-order valence-corrected chi connectivity index (χ4v) is 2.73. The molecular weight excluding hydrogens is 326 g/mol. The standard InChI is InChI=1S/C14H12BrNO2S/c1-2-18-14(17)10-3-5-11(6-4-10)16-9-12-7-8-13(15)19-12/h3-9H,2H2,1H3. The van der Waals surface area contributed by atoms with Gasteiger partial charge in [0.2, 0.25) is 0 Å². The second-order valence-corrected chi connectivity index (χ2v) is 6.16. The molecule has 0 aliphatic heterocycles. The Labute approximate surface area is 124 Å². The topological polar surface area (TPSA) is 38.7 Å². The Morgan fingerprint density at radius 3 is 2.63 bits per heavy atom. The summed E-state index contributed by atoms with van der Waals surface area (Å²) in [6.07, 6.45) is 1.80. The molecule has 19 heavy (non-hydrogen) atoms. The number of thiophene rings is 1. The molecule has 0 N–H and O–H groups in total. The number of rotatable bonds is 4. The van der Waals surface area contributed by atoms with Crippen LogP contribution in [0.15, 0.2) is 45.2 Å². The van der Waals surface area contributed by atoms with Crippen LogP contribution in [0.25, 0.3) is 0 Å². The van der Waals surface area contributed by atoms with Crippen molar-refractivity contribution in [3.05, 3.63) is 50.6 Å². The molecule has 1 aromatic carbocycles. The van der Waals surface area contributed by atoms with E-state index in [0.717, 1.165) is 14.4 Å². The van der Waals surface area contributed by atoms with Crippen LogP contribution in [0, 0.1) is 0 Å². The Hall–Kier alpha value is -1.46. The molecule has 1 aromatic heterocycles. The normalized spacial score (nSPS) is 10.8. The fraction of sp³-hybridized carbons (Fsp3) is 0.143. The van der Waals surface area contributed by atoms with Gasteiger partial charge in [-0.05, 0) is 59.3 Å². The van der Waals surface area contributed by atoms with Crippen molar-refractivity contribution < 1.29 is 9.53 Å². The molecule has 2 rings (SSSR count). The van der Waals surface area contributed by atoms with Crippen LogP contribution in [-0.4, -0.2) is 18.8 Å². The number of aliphatic imine (C=N–C) groups is 1. The number of esters is 1. The van der Waals surface area contributed by atoms with Gasteiger partial charge in [-0.3, -0.25) is 4.99 Å². The fourth-order valence-electron chi connectivity index (χ4n) is 1.43. The van der Waals surface area contributed by atoms with Crippen molar-refractivity contribution in [3.8, 4) is 0 Å². The molecule has 5 heteroatoms. The van der Waals surface area contributed by atoms with Gasteiger partial charge in [0.15, 0.2) is 0 Å². The number of halogens is 1. The van der Waals surface area contributed by atoms with Gasteiger partial charge in [0.25, 0.3) is 0 Å². The number of carbonyl (C=O) groups excluding carboxylic acids is 1. The van der Waals surface area contributed by atoms with Crippen LogP contribution in [0.2, 0.25) is 0 Å². The Bertz CT molecular complexity index is 590. The van der Waals surface area contributed by atoms with Crippen LogP contribution in [0.4, 0.5) is 5.69 Å². The molecule has 0 aliphatic carbocycles. The van der Waals surface area contributed by atoms with E-state index in [1.54, 1.807) is 48.7 Å². The Morgan fingerprint density at radius 2 is 2.05 bits per heavy atom. The van der Waals surface area contributed by atoms with Gasteiger partial charge < -0.3 is 4.74 Å². The number of benzene rings is 1. The Balaban J connectivity index is 2.06. The molecule has 0 saturated heterocycles. The van der Waals surface area contributed by atoms with Crippen molar-refractivity contribution in [3.63, 3.8) is 0 Å². The van der Waals surface area contributed by atoms with Crippen molar-refractivity contribution in [2.75, 3.05) is 6.61 Å². The van der Waals surface area contributed by atoms with Crippen LogP contribution < -0.4 is 0 Å². The van der Waals surface area contributed by atoms with E-state index in [4.69, 9.17) is 4.74 Å². The SMILES string of the molecule is CCOC(=O)c1ccc(N=Cc2ccc(Br)s2)cc1. The zero-order valence-electron chi connectivity index (χ0n) is 10.3. The number of ether oxygens (including phenoxy) is 1.